The first-order chi connectivity index (χ1) is 8.58. The summed E-state index contributed by atoms with van der Waals surface area (Å²) in [6.07, 6.45) is 10.3. The normalized spacial score (nSPS) is 42.6. The molecule has 2 unspecified atom stereocenters. The van der Waals surface area contributed by atoms with Gasteiger partial charge in [-0.2, -0.15) is 0 Å². The molecule has 0 spiro atoms. The van der Waals surface area contributed by atoms with E-state index in [1.807, 2.05) is 0 Å². The average Bonchev–Trinajstić information content (AvgIpc) is 3.20. The van der Waals surface area contributed by atoms with Crippen LogP contribution in [0, 0.1) is 11.8 Å². The van der Waals surface area contributed by atoms with E-state index in [1.54, 1.807) is 0 Å². The first-order valence-electron chi connectivity index (χ1n) is 7.70. The number of hydrogen-bond donors (Lipinski definition) is 1. The van der Waals surface area contributed by atoms with Crippen molar-refractivity contribution in [3.8, 4) is 0 Å². The summed E-state index contributed by atoms with van der Waals surface area (Å²) >= 11 is 0. The average molecular weight is 248 g/mol. The van der Waals surface area contributed by atoms with E-state index in [9.17, 15) is 0 Å². The Balaban J connectivity index is 1.76. The molecule has 2 nitrogen and oxygen atoms in total. The van der Waals surface area contributed by atoms with Crippen LogP contribution in [-0.2, 0) is 0 Å². The fourth-order valence-electron chi connectivity index (χ4n) is 3.73. The summed E-state index contributed by atoms with van der Waals surface area (Å²) in [6, 6.07) is 0. The molecule has 0 aromatic heterocycles. The fraction of sp³-hybridized carbons (Fsp3) is 0.875. The summed E-state index contributed by atoms with van der Waals surface area (Å²) in [5.74, 6) is 1.85. The molecule has 2 heteroatoms. The molecule has 1 saturated heterocycles. The zero-order chi connectivity index (χ0) is 12.8. The Labute approximate surface area is 112 Å². The topological polar surface area (TPSA) is 15.3 Å². The fourth-order valence-corrected chi connectivity index (χ4v) is 3.73. The Morgan fingerprint density at radius 3 is 2.39 bits per heavy atom. The molecule has 102 valence electrons. The first kappa shape index (κ1) is 12.7. The van der Waals surface area contributed by atoms with Crippen molar-refractivity contribution in [1.82, 2.24) is 10.2 Å². The minimum Gasteiger partial charge on any atom is -0.308 e. The van der Waals surface area contributed by atoms with E-state index in [-0.39, 0.29) is 0 Å². The van der Waals surface area contributed by atoms with Gasteiger partial charge in [-0.1, -0.05) is 12.2 Å². The maximum Gasteiger partial charge on any atom is 0.0338 e. The largest absolute Gasteiger partial charge is 0.308 e. The summed E-state index contributed by atoms with van der Waals surface area (Å²) < 4.78 is 0. The number of allylic oxidation sites excluding steroid dienone is 1. The van der Waals surface area contributed by atoms with Gasteiger partial charge >= 0.3 is 0 Å². The number of piperazine rings is 1. The Morgan fingerprint density at radius 1 is 1.17 bits per heavy atom. The van der Waals surface area contributed by atoms with Crippen LogP contribution in [0.25, 0.3) is 0 Å². The van der Waals surface area contributed by atoms with Crippen LogP contribution in [0.15, 0.2) is 12.2 Å². The molecule has 3 aliphatic rings. The predicted molar refractivity (Wildman–Crippen MR) is 76.6 cm³/mol. The number of hydrogen-bond acceptors (Lipinski definition) is 2. The summed E-state index contributed by atoms with van der Waals surface area (Å²) in [7, 11) is 0. The molecule has 1 N–H and O–H groups in total. The number of rotatable bonds is 4. The summed E-state index contributed by atoms with van der Waals surface area (Å²) in [5.41, 5.74) is 0.768. The smallest absolute Gasteiger partial charge is 0.0338 e. The molecule has 0 aromatic rings. The highest BCUT2D eigenvalue weighted by atomic mass is 15.3. The predicted octanol–water partition coefficient (Wildman–Crippen LogP) is 2.81. The van der Waals surface area contributed by atoms with Crippen molar-refractivity contribution in [3.63, 3.8) is 0 Å². The Morgan fingerprint density at radius 2 is 1.83 bits per heavy atom. The molecule has 1 heterocycles. The monoisotopic (exact) mass is 248 g/mol. The molecular weight excluding hydrogens is 220 g/mol. The summed E-state index contributed by atoms with van der Waals surface area (Å²) in [4.78, 5) is 2.76. The van der Waals surface area contributed by atoms with Gasteiger partial charge in [0.25, 0.3) is 0 Å². The van der Waals surface area contributed by atoms with E-state index < -0.39 is 0 Å². The molecule has 0 amide bonds. The van der Waals surface area contributed by atoms with E-state index in [0.717, 1.165) is 18.4 Å². The Kier molecular flexibility index (Phi) is 3.06. The molecule has 1 aliphatic heterocycles. The molecule has 3 rings (SSSR count). The lowest BCUT2D eigenvalue weighted by Gasteiger charge is -2.53. The number of nitrogens with one attached hydrogen (secondary N) is 1. The SMILES string of the molecule is C/C=C/CN1CC(C)(C2CC2)NCC1(C)C1CC1. The van der Waals surface area contributed by atoms with Crippen molar-refractivity contribution in [2.45, 2.75) is 57.5 Å². The highest BCUT2D eigenvalue weighted by Gasteiger charge is 2.53. The maximum absolute atomic E-state index is 3.91. The van der Waals surface area contributed by atoms with Crippen molar-refractivity contribution in [2.24, 2.45) is 11.8 Å². The van der Waals surface area contributed by atoms with Crippen LogP contribution in [-0.4, -0.2) is 35.6 Å². The van der Waals surface area contributed by atoms with Gasteiger partial charge in [0.15, 0.2) is 0 Å². The molecule has 18 heavy (non-hydrogen) atoms. The standard InChI is InChI=1S/C16H28N2/c1-4-5-10-18-12-15(2,13-6-7-13)17-11-16(18,3)14-8-9-14/h4-5,13-14,17H,6-12H2,1-3H3/b5-4+. The minimum atomic E-state index is 0.371. The Hall–Kier alpha value is -0.340. The van der Waals surface area contributed by atoms with Crippen molar-refractivity contribution >= 4 is 0 Å². The van der Waals surface area contributed by atoms with Gasteiger partial charge in [-0.3, -0.25) is 4.90 Å². The van der Waals surface area contributed by atoms with Gasteiger partial charge in [-0.25, -0.2) is 0 Å². The third-order valence-corrected chi connectivity index (χ3v) is 5.59. The van der Waals surface area contributed by atoms with Crippen LogP contribution in [0.2, 0.25) is 0 Å². The van der Waals surface area contributed by atoms with Crippen molar-refractivity contribution in [1.29, 1.82) is 0 Å². The molecule has 0 bridgehead atoms. The third-order valence-electron chi connectivity index (χ3n) is 5.59. The molecule has 2 aliphatic carbocycles. The second kappa shape index (κ2) is 4.35. The van der Waals surface area contributed by atoms with Crippen molar-refractivity contribution < 1.29 is 0 Å². The molecule has 2 atom stereocenters. The van der Waals surface area contributed by atoms with E-state index >= 15 is 0 Å². The third kappa shape index (κ3) is 2.14. The van der Waals surface area contributed by atoms with Gasteiger partial charge in [0, 0.05) is 30.7 Å². The Bertz CT molecular complexity index is 343. The lowest BCUT2D eigenvalue weighted by Crippen LogP contribution is -2.69. The second-order valence-electron chi connectivity index (χ2n) is 7.13. The van der Waals surface area contributed by atoms with Crippen LogP contribution in [0.5, 0.6) is 0 Å². The zero-order valence-corrected chi connectivity index (χ0v) is 12.2. The lowest BCUT2D eigenvalue weighted by molar-refractivity contribution is 0.00823. The van der Waals surface area contributed by atoms with Crippen LogP contribution < -0.4 is 5.32 Å². The number of nitrogens with zero attached hydrogens (tertiary/aromatic N) is 1. The highest BCUT2D eigenvalue weighted by Crippen LogP contribution is 2.48. The molecule has 3 fully saturated rings. The molecule has 2 saturated carbocycles. The molecule has 0 radical (unpaired) electrons. The van der Waals surface area contributed by atoms with E-state index in [4.69, 9.17) is 0 Å². The molecular formula is C16H28N2. The minimum absolute atomic E-state index is 0.371. The van der Waals surface area contributed by atoms with E-state index in [1.165, 1.54) is 38.8 Å². The quantitative estimate of drug-likeness (QED) is 0.770. The van der Waals surface area contributed by atoms with Gasteiger partial charge in [-0.15, -0.1) is 0 Å². The van der Waals surface area contributed by atoms with E-state index in [0.29, 0.717) is 11.1 Å². The highest BCUT2D eigenvalue weighted by molar-refractivity contribution is 5.12. The first-order valence-corrected chi connectivity index (χ1v) is 7.70. The van der Waals surface area contributed by atoms with Gasteiger partial charge in [-0.05, 0) is 58.3 Å². The van der Waals surface area contributed by atoms with Crippen LogP contribution in [0.3, 0.4) is 0 Å². The summed E-state index contributed by atoms with van der Waals surface area (Å²) in [5, 5.41) is 3.91. The molecule has 0 aromatic carbocycles. The van der Waals surface area contributed by atoms with Gasteiger partial charge in [0.05, 0.1) is 0 Å². The van der Waals surface area contributed by atoms with Crippen LogP contribution >= 0.6 is 0 Å². The van der Waals surface area contributed by atoms with E-state index in [2.05, 4.69) is 43.1 Å². The second-order valence-corrected chi connectivity index (χ2v) is 7.13. The van der Waals surface area contributed by atoms with Gasteiger partial charge in [0.1, 0.15) is 0 Å². The van der Waals surface area contributed by atoms with Crippen molar-refractivity contribution in [2.75, 3.05) is 19.6 Å². The maximum atomic E-state index is 3.91. The van der Waals surface area contributed by atoms with Gasteiger partial charge in [0.2, 0.25) is 0 Å². The van der Waals surface area contributed by atoms with Crippen LogP contribution in [0.4, 0.5) is 0 Å². The summed E-state index contributed by atoms with van der Waals surface area (Å²) in [6.45, 7) is 10.6. The van der Waals surface area contributed by atoms with Crippen LogP contribution in [0.1, 0.15) is 46.5 Å². The lowest BCUT2D eigenvalue weighted by atomic mass is 9.83. The van der Waals surface area contributed by atoms with Crippen molar-refractivity contribution in [3.05, 3.63) is 12.2 Å². The zero-order valence-electron chi connectivity index (χ0n) is 12.2. The van der Waals surface area contributed by atoms with Gasteiger partial charge < -0.3 is 5.32 Å².